The molecule has 1 aromatic heterocycles. The number of esters is 1. The third-order valence-electron chi connectivity index (χ3n) is 3.54. The molecule has 0 spiro atoms. The Hall–Kier alpha value is -3.26. The minimum atomic E-state index is -0.588. The van der Waals surface area contributed by atoms with E-state index >= 15 is 0 Å². The summed E-state index contributed by atoms with van der Waals surface area (Å²) in [5.74, 6) is -0.705. The molecular formula is C18H14N2O5S. The zero-order valence-electron chi connectivity index (χ0n) is 13.7. The number of amides is 2. The molecule has 7 nitrogen and oxygen atoms in total. The van der Waals surface area contributed by atoms with Gasteiger partial charge < -0.3 is 9.15 Å². The largest absolute Gasteiger partial charge is 0.462 e. The van der Waals surface area contributed by atoms with Crippen molar-refractivity contribution < 1.29 is 23.5 Å². The molecule has 0 aliphatic carbocycles. The molecule has 1 aromatic carbocycles. The fraction of sp³-hybridized carbons (Fsp3) is 0.111. The smallest absolute Gasteiger partial charge is 0.338 e. The van der Waals surface area contributed by atoms with Crippen molar-refractivity contribution in [1.29, 1.82) is 0 Å². The number of ether oxygens (including phenoxy) is 1. The van der Waals surface area contributed by atoms with E-state index in [0.717, 1.165) is 5.56 Å². The van der Waals surface area contributed by atoms with Crippen molar-refractivity contribution in [2.75, 3.05) is 6.61 Å². The molecule has 1 fully saturated rings. The summed E-state index contributed by atoms with van der Waals surface area (Å²) in [7, 11) is 0. The number of benzene rings is 1. The number of furan rings is 1. The molecule has 8 heteroatoms. The monoisotopic (exact) mass is 370 g/mol. The van der Waals surface area contributed by atoms with Crippen molar-refractivity contribution in [2.24, 2.45) is 0 Å². The zero-order valence-corrected chi connectivity index (χ0v) is 14.5. The molecule has 0 radical (unpaired) electrons. The van der Waals surface area contributed by atoms with E-state index in [9.17, 15) is 14.4 Å². The van der Waals surface area contributed by atoms with E-state index < -0.39 is 17.8 Å². The highest BCUT2D eigenvalue weighted by Gasteiger charge is 2.26. The third kappa shape index (κ3) is 3.70. The lowest BCUT2D eigenvalue weighted by Crippen LogP contribution is -2.51. The molecule has 2 amide bonds. The second-order valence-corrected chi connectivity index (χ2v) is 5.70. The predicted molar refractivity (Wildman–Crippen MR) is 97.0 cm³/mol. The van der Waals surface area contributed by atoms with Gasteiger partial charge in [-0.05, 0) is 49.5 Å². The molecular weight excluding hydrogens is 356 g/mol. The number of hydrogen-bond acceptors (Lipinski definition) is 6. The van der Waals surface area contributed by atoms with Crippen LogP contribution in [0.2, 0.25) is 0 Å². The zero-order chi connectivity index (χ0) is 18.7. The van der Waals surface area contributed by atoms with Gasteiger partial charge in [0.25, 0.3) is 11.8 Å². The van der Waals surface area contributed by atoms with Gasteiger partial charge in [-0.25, -0.2) is 4.79 Å². The van der Waals surface area contributed by atoms with E-state index in [0.29, 0.717) is 23.7 Å². The first-order valence-corrected chi connectivity index (χ1v) is 8.14. The van der Waals surface area contributed by atoms with Crippen molar-refractivity contribution in [2.45, 2.75) is 6.92 Å². The highest BCUT2D eigenvalue weighted by atomic mass is 32.1. The summed E-state index contributed by atoms with van der Waals surface area (Å²) in [5, 5.41) is 4.68. The third-order valence-corrected chi connectivity index (χ3v) is 3.74. The van der Waals surface area contributed by atoms with Gasteiger partial charge in [-0.3, -0.25) is 20.2 Å². The highest BCUT2D eigenvalue weighted by Crippen LogP contribution is 2.24. The van der Waals surface area contributed by atoms with Gasteiger partial charge in [0, 0.05) is 5.56 Å². The van der Waals surface area contributed by atoms with Crippen molar-refractivity contribution in [3.8, 4) is 11.3 Å². The average molecular weight is 370 g/mol. The number of hydrogen-bond donors (Lipinski definition) is 2. The van der Waals surface area contributed by atoms with Crippen LogP contribution in [0.1, 0.15) is 23.0 Å². The predicted octanol–water partition coefficient (Wildman–Crippen LogP) is 2.04. The van der Waals surface area contributed by atoms with Gasteiger partial charge in [-0.2, -0.15) is 0 Å². The maximum Gasteiger partial charge on any atom is 0.338 e. The van der Waals surface area contributed by atoms with Crippen molar-refractivity contribution in [1.82, 2.24) is 10.6 Å². The Kier molecular flexibility index (Phi) is 4.94. The molecule has 2 heterocycles. The minimum Gasteiger partial charge on any atom is -0.462 e. The summed E-state index contributed by atoms with van der Waals surface area (Å²) in [4.78, 5) is 35.3. The van der Waals surface area contributed by atoms with E-state index in [2.05, 4.69) is 10.6 Å². The van der Waals surface area contributed by atoms with E-state index in [-0.39, 0.29) is 10.7 Å². The first kappa shape index (κ1) is 17.6. The number of carbonyl (C=O) groups is 3. The number of rotatable bonds is 4. The molecule has 1 aliphatic heterocycles. The lowest BCUT2D eigenvalue weighted by Gasteiger charge is -2.15. The average Bonchev–Trinajstić information content (AvgIpc) is 3.07. The molecule has 0 bridgehead atoms. The van der Waals surface area contributed by atoms with Gasteiger partial charge >= 0.3 is 5.97 Å². The SMILES string of the molecule is CCOC(=O)c1ccc(-c2ccc(C=C3C(=O)NC(=S)NC3=O)o2)cc1. The molecule has 0 unspecified atom stereocenters. The highest BCUT2D eigenvalue weighted by molar-refractivity contribution is 7.80. The van der Waals surface area contributed by atoms with Crippen molar-refractivity contribution in [3.05, 3.63) is 53.3 Å². The van der Waals surface area contributed by atoms with E-state index in [1.807, 2.05) is 0 Å². The Labute approximate surface area is 154 Å². The summed E-state index contributed by atoms with van der Waals surface area (Å²) >= 11 is 4.74. The molecule has 2 N–H and O–H groups in total. The summed E-state index contributed by atoms with van der Waals surface area (Å²) in [6.45, 7) is 2.05. The van der Waals surface area contributed by atoms with Crippen LogP contribution in [0.25, 0.3) is 17.4 Å². The number of thiocarbonyl (C=S) groups is 1. The van der Waals surface area contributed by atoms with Crippen molar-refractivity contribution >= 4 is 41.2 Å². The van der Waals surface area contributed by atoms with Crippen LogP contribution in [-0.2, 0) is 14.3 Å². The quantitative estimate of drug-likeness (QED) is 0.370. The maximum absolute atomic E-state index is 11.8. The minimum absolute atomic E-state index is 0.0287. The second-order valence-electron chi connectivity index (χ2n) is 5.30. The summed E-state index contributed by atoms with van der Waals surface area (Å²) in [5.41, 5.74) is 1.08. The van der Waals surface area contributed by atoms with Crippen LogP contribution in [-0.4, -0.2) is 29.5 Å². The number of carbonyl (C=O) groups excluding carboxylic acids is 3. The summed E-state index contributed by atoms with van der Waals surface area (Å²) < 4.78 is 10.6. The standard InChI is InChI=1S/C18H14N2O5S/c1-2-24-17(23)11-5-3-10(4-6-11)14-8-7-12(25-14)9-13-15(21)19-18(26)20-16(13)22/h3-9H,2H2,1H3,(H2,19,20,21,22,26). The first-order valence-electron chi connectivity index (χ1n) is 7.73. The Bertz CT molecular complexity index is 905. The van der Waals surface area contributed by atoms with Crippen LogP contribution in [0.15, 0.2) is 46.4 Å². The van der Waals surface area contributed by atoms with Crippen molar-refractivity contribution in [3.63, 3.8) is 0 Å². The molecule has 0 atom stereocenters. The van der Waals surface area contributed by atoms with E-state index in [4.69, 9.17) is 21.4 Å². The lowest BCUT2D eigenvalue weighted by molar-refractivity contribution is -0.123. The second kappa shape index (κ2) is 7.32. The molecule has 3 rings (SSSR count). The lowest BCUT2D eigenvalue weighted by atomic mass is 10.1. The van der Waals surface area contributed by atoms with E-state index in [1.54, 1.807) is 43.3 Å². The molecule has 1 aliphatic rings. The fourth-order valence-electron chi connectivity index (χ4n) is 2.32. The van der Waals surface area contributed by atoms with Gasteiger partial charge in [0.1, 0.15) is 17.1 Å². The first-order chi connectivity index (χ1) is 12.5. The molecule has 2 aromatic rings. The van der Waals surface area contributed by atoms with Crippen LogP contribution in [0.5, 0.6) is 0 Å². The maximum atomic E-state index is 11.8. The fourth-order valence-corrected chi connectivity index (χ4v) is 2.50. The molecule has 1 saturated heterocycles. The Morgan fingerprint density at radius 3 is 2.38 bits per heavy atom. The molecule has 0 saturated carbocycles. The summed E-state index contributed by atoms with van der Waals surface area (Å²) in [6, 6.07) is 10.1. The van der Waals surface area contributed by atoms with Crippen LogP contribution >= 0.6 is 12.2 Å². The van der Waals surface area contributed by atoms with Gasteiger partial charge in [0.15, 0.2) is 5.11 Å². The Morgan fingerprint density at radius 2 is 1.77 bits per heavy atom. The van der Waals surface area contributed by atoms with Gasteiger partial charge in [0.2, 0.25) is 0 Å². The number of nitrogens with one attached hydrogen (secondary N) is 2. The van der Waals surface area contributed by atoms with Crippen LogP contribution < -0.4 is 10.6 Å². The van der Waals surface area contributed by atoms with Gasteiger partial charge in [-0.1, -0.05) is 12.1 Å². The topological polar surface area (TPSA) is 97.6 Å². The van der Waals surface area contributed by atoms with Crippen LogP contribution in [0.3, 0.4) is 0 Å². The van der Waals surface area contributed by atoms with E-state index in [1.165, 1.54) is 6.08 Å². The Balaban J connectivity index is 1.81. The normalized spacial score (nSPS) is 13.9. The Morgan fingerprint density at radius 1 is 1.12 bits per heavy atom. The van der Waals surface area contributed by atoms with Crippen LogP contribution in [0.4, 0.5) is 0 Å². The summed E-state index contributed by atoms with van der Waals surface area (Å²) in [6.07, 6.45) is 1.34. The molecule has 26 heavy (non-hydrogen) atoms. The van der Waals surface area contributed by atoms with Gasteiger partial charge in [-0.15, -0.1) is 0 Å². The van der Waals surface area contributed by atoms with Crippen LogP contribution in [0, 0.1) is 0 Å². The van der Waals surface area contributed by atoms with Gasteiger partial charge in [0.05, 0.1) is 12.2 Å². The molecule has 132 valence electrons.